The number of hydrogen-bond donors (Lipinski definition) is 0. The fraction of sp³-hybridized carbons (Fsp3) is 0.429. The lowest BCUT2D eigenvalue weighted by Gasteiger charge is -2.24. The van der Waals surface area contributed by atoms with Crippen molar-refractivity contribution in [1.82, 2.24) is 0 Å². The maximum atomic E-state index is 5.60. The Morgan fingerprint density at radius 2 is 1.75 bits per heavy atom. The van der Waals surface area contributed by atoms with Crippen molar-refractivity contribution in [2.24, 2.45) is 0 Å². The van der Waals surface area contributed by atoms with Crippen molar-refractivity contribution in [1.29, 1.82) is 0 Å². The van der Waals surface area contributed by atoms with Crippen molar-refractivity contribution in [3.63, 3.8) is 0 Å². The molecule has 16 heavy (non-hydrogen) atoms. The molecule has 0 aliphatic rings. The van der Waals surface area contributed by atoms with Crippen molar-refractivity contribution in [2.75, 3.05) is 0 Å². The summed E-state index contributed by atoms with van der Waals surface area (Å²) >= 11 is 0. The third-order valence-corrected chi connectivity index (χ3v) is 1.85. The molecule has 1 atom stereocenters. The lowest BCUT2D eigenvalue weighted by molar-refractivity contribution is -0.158. The van der Waals surface area contributed by atoms with Gasteiger partial charge in [0, 0.05) is 0 Å². The third-order valence-electron chi connectivity index (χ3n) is 1.85. The SMILES string of the molecule is CC(OC=Cc1ccccc1)OC(C)(C)C. The second kappa shape index (κ2) is 5.71. The second-order valence-corrected chi connectivity index (χ2v) is 4.65. The van der Waals surface area contributed by atoms with Gasteiger partial charge in [0.1, 0.15) is 0 Å². The summed E-state index contributed by atoms with van der Waals surface area (Å²) in [7, 11) is 0. The molecule has 0 bridgehead atoms. The minimum absolute atomic E-state index is 0.181. The molecule has 88 valence electrons. The lowest BCUT2D eigenvalue weighted by atomic mass is 10.2. The standard InChI is InChI=1S/C14H20O2/c1-12(16-14(2,3)4)15-11-10-13-8-6-5-7-9-13/h5-12H,1-4H3. The number of rotatable bonds is 4. The highest BCUT2D eigenvalue weighted by atomic mass is 16.7. The van der Waals surface area contributed by atoms with Gasteiger partial charge in [0.05, 0.1) is 11.9 Å². The van der Waals surface area contributed by atoms with Gasteiger partial charge in [0.25, 0.3) is 0 Å². The van der Waals surface area contributed by atoms with Crippen LogP contribution in [0.15, 0.2) is 36.6 Å². The van der Waals surface area contributed by atoms with Crippen LogP contribution in [0.1, 0.15) is 33.3 Å². The van der Waals surface area contributed by atoms with Crippen LogP contribution >= 0.6 is 0 Å². The van der Waals surface area contributed by atoms with E-state index in [9.17, 15) is 0 Å². The van der Waals surface area contributed by atoms with Crippen molar-refractivity contribution < 1.29 is 9.47 Å². The fourth-order valence-corrected chi connectivity index (χ4v) is 1.32. The molecule has 1 rings (SSSR count). The molecule has 0 aliphatic heterocycles. The summed E-state index contributed by atoms with van der Waals surface area (Å²) < 4.78 is 11.0. The molecule has 1 unspecified atom stereocenters. The van der Waals surface area contributed by atoms with E-state index in [0.29, 0.717) is 0 Å². The van der Waals surface area contributed by atoms with E-state index in [-0.39, 0.29) is 11.9 Å². The highest BCUT2D eigenvalue weighted by Crippen LogP contribution is 2.12. The van der Waals surface area contributed by atoms with Gasteiger partial charge in [-0.15, -0.1) is 0 Å². The maximum absolute atomic E-state index is 5.60. The van der Waals surface area contributed by atoms with Crippen LogP contribution in [0, 0.1) is 0 Å². The third kappa shape index (κ3) is 5.56. The summed E-state index contributed by atoms with van der Waals surface area (Å²) in [6.45, 7) is 7.91. The monoisotopic (exact) mass is 220 g/mol. The van der Waals surface area contributed by atoms with Gasteiger partial charge in [-0.3, -0.25) is 0 Å². The molecule has 1 aromatic rings. The summed E-state index contributed by atoms with van der Waals surface area (Å²) in [4.78, 5) is 0. The van der Waals surface area contributed by atoms with Crippen LogP contribution in [0.25, 0.3) is 6.08 Å². The molecule has 0 aliphatic carbocycles. The first kappa shape index (κ1) is 12.8. The van der Waals surface area contributed by atoms with Crippen LogP contribution in [-0.2, 0) is 9.47 Å². The summed E-state index contributed by atoms with van der Waals surface area (Å²) in [5.41, 5.74) is 0.936. The normalized spacial score (nSPS) is 14.0. The van der Waals surface area contributed by atoms with E-state index in [0.717, 1.165) is 5.56 Å². The maximum Gasteiger partial charge on any atom is 0.196 e. The van der Waals surface area contributed by atoms with E-state index in [1.54, 1.807) is 6.26 Å². The first-order valence-corrected chi connectivity index (χ1v) is 5.52. The first-order chi connectivity index (χ1) is 7.47. The van der Waals surface area contributed by atoms with Gasteiger partial charge >= 0.3 is 0 Å². The van der Waals surface area contributed by atoms with Crippen molar-refractivity contribution in [3.8, 4) is 0 Å². The van der Waals surface area contributed by atoms with Crippen LogP contribution in [0.3, 0.4) is 0 Å². The number of ether oxygens (including phenoxy) is 2. The first-order valence-electron chi connectivity index (χ1n) is 5.52. The number of benzene rings is 1. The van der Waals surface area contributed by atoms with Crippen LogP contribution < -0.4 is 0 Å². The van der Waals surface area contributed by atoms with Crippen molar-refractivity contribution >= 4 is 6.08 Å². The predicted octanol–water partition coefficient (Wildman–Crippen LogP) is 3.84. The zero-order valence-electron chi connectivity index (χ0n) is 10.4. The Balaban J connectivity index is 2.37. The molecule has 0 N–H and O–H groups in total. The quantitative estimate of drug-likeness (QED) is 0.567. The Kier molecular flexibility index (Phi) is 4.56. The van der Waals surface area contributed by atoms with E-state index in [1.165, 1.54) is 0 Å². The van der Waals surface area contributed by atoms with Gasteiger partial charge in [0.2, 0.25) is 0 Å². The summed E-state index contributed by atoms with van der Waals surface area (Å²) in [6.07, 6.45) is 3.36. The molecule has 2 nitrogen and oxygen atoms in total. The van der Waals surface area contributed by atoms with E-state index >= 15 is 0 Å². The molecule has 0 saturated carbocycles. The van der Waals surface area contributed by atoms with Gasteiger partial charge in [0.15, 0.2) is 6.29 Å². The molecule has 0 radical (unpaired) electrons. The van der Waals surface area contributed by atoms with E-state index in [2.05, 4.69) is 0 Å². The topological polar surface area (TPSA) is 18.5 Å². The van der Waals surface area contributed by atoms with Crippen molar-refractivity contribution in [2.45, 2.75) is 39.6 Å². The molecule has 0 spiro atoms. The molecule has 2 heteroatoms. The van der Waals surface area contributed by atoms with E-state index < -0.39 is 0 Å². The highest BCUT2D eigenvalue weighted by molar-refractivity contribution is 5.47. The smallest absolute Gasteiger partial charge is 0.196 e. The summed E-state index contributed by atoms with van der Waals surface area (Å²) in [5, 5.41) is 0. The largest absolute Gasteiger partial charge is 0.473 e. The van der Waals surface area contributed by atoms with Crippen LogP contribution in [-0.4, -0.2) is 11.9 Å². The van der Waals surface area contributed by atoms with Crippen LogP contribution in [0.5, 0.6) is 0 Å². The van der Waals surface area contributed by atoms with Crippen LogP contribution in [0.4, 0.5) is 0 Å². The average molecular weight is 220 g/mol. The van der Waals surface area contributed by atoms with Gasteiger partial charge < -0.3 is 9.47 Å². The molecule has 0 amide bonds. The van der Waals surface area contributed by atoms with E-state index in [1.807, 2.05) is 64.1 Å². The lowest BCUT2D eigenvalue weighted by Crippen LogP contribution is -2.26. The molecular formula is C14H20O2. The second-order valence-electron chi connectivity index (χ2n) is 4.65. The Morgan fingerprint density at radius 3 is 2.31 bits per heavy atom. The Labute approximate surface area is 97.9 Å². The summed E-state index contributed by atoms with van der Waals surface area (Å²) in [5.74, 6) is 0. The summed E-state index contributed by atoms with van der Waals surface area (Å²) in [6, 6.07) is 10.0. The molecule has 1 aromatic carbocycles. The molecule has 0 heterocycles. The minimum atomic E-state index is -0.236. The average Bonchev–Trinajstić information content (AvgIpc) is 2.16. The highest BCUT2D eigenvalue weighted by Gasteiger charge is 2.14. The zero-order valence-corrected chi connectivity index (χ0v) is 10.4. The molecule has 0 aromatic heterocycles. The Morgan fingerprint density at radius 1 is 1.12 bits per heavy atom. The van der Waals surface area contributed by atoms with E-state index in [4.69, 9.17) is 9.47 Å². The fourth-order valence-electron chi connectivity index (χ4n) is 1.32. The molecular weight excluding hydrogens is 200 g/mol. The van der Waals surface area contributed by atoms with Crippen LogP contribution in [0.2, 0.25) is 0 Å². The molecule has 0 saturated heterocycles. The molecule has 0 fully saturated rings. The predicted molar refractivity (Wildman–Crippen MR) is 66.9 cm³/mol. The van der Waals surface area contributed by atoms with Gasteiger partial charge in [-0.2, -0.15) is 0 Å². The van der Waals surface area contributed by atoms with Gasteiger partial charge in [-0.25, -0.2) is 0 Å². The number of hydrogen-bond acceptors (Lipinski definition) is 2. The Bertz CT molecular complexity index is 322. The van der Waals surface area contributed by atoms with Crippen molar-refractivity contribution in [3.05, 3.63) is 42.2 Å². The Hall–Kier alpha value is -1.28. The zero-order chi connectivity index (χ0) is 12.0. The minimum Gasteiger partial charge on any atom is -0.473 e. The van der Waals surface area contributed by atoms with Gasteiger partial charge in [-0.1, -0.05) is 30.3 Å². The van der Waals surface area contributed by atoms with Gasteiger partial charge in [-0.05, 0) is 39.3 Å².